The Balaban J connectivity index is 2.56. The van der Waals surface area contributed by atoms with Gasteiger partial charge in [0.25, 0.3) is 5.91 Å². The highest BCUT2D eigenvalue weighted by atomic mass is 79.9. The third kappa shape index (κ3) is 3.40. The third-order valence-corrected chi connectivity index (χ3v) is 3.11. The first-order chi connectivity index (χ1) is 6.40. The maximum atomic E-state index is 11.5. The molecule has 0 spiro atoms. The predicted molar refractivity (Wildman–Crippen MR) is 60.3 cm³/mol. The zero-order valence-corrected chi connectivity index (χ0v) is 10.7. The van der Waals surface area contributed by atoms with E-state index in [1.807, 2.05) is 32.2 Å². The molecule has 0 aliphatic rings. The molecule has 14 heavy (non-hydrogen) atoms. The van der Waals surface area contributed by atoms with Gasteiger partial charge in [0.2, 0.25) is 0 Å². The molecule has 78 valence electrons. The van der Waals surface area contributed by atoms with Crippen LogP contribution in [0.1, 0.15) is 30.4 Å². The van der Waals surface area contributed by atoms with Crippen LogP contribution in [-0.4, -0.2) is 11.5 Å². The summed E-state index contributed by atoms with van der Waals surface area (Å²) < 4.78 is 0.789. The van der Waals surface area contributed by atoms with Gasteiger partial charge in [-0.05, 0) is 48.1 Å². The molecule has 1 aromatic heterocycles. The van der Waals surface area contributed by atoms with E-state index in [9.17, 15) is 4.79 Å². The van der Waals surface area contributed by atoms with E-state index < -0.39 is 0 Å². The topological polar surface area (TPSA) is 38.3 Å². The van der Waals surface area contributed by atoms with Crippen LogP contribution < -0.4 is 5.48 Å². The average molecular weight is 278 g/mol. The maximum absolute atomic E-state index is 11.5. The summed E-state index contributed by atoms with van der Waals surface area (Å²) >= 11 is 4.65. The van der Waals surface area contributed by atoms with Crippen LogP contribution in [0, 0.1) is 0 Å². The van der Waals surface area contributed by atoms with E-state index >= 15 is 0 Å². The summed E-state index contributed by atoms with van der Waals surface area (Å²) in [4.78, 5) is 17.3. The summed E-state index contributed by atoms with van der Waals surface area (Å²) in [5.41, 5.74) is 2.03. The number of thiophene rings is 1. The van der Waals surface area contributed by atoms with Gasteiger partial charge in [-0.3, -0.25) is 9.63 Å². The van der Waals surface area contributed by atoms with E-state index in [-0.39, 0.29) is 11.5 Å². The van der Waals surface area contributed by atoms with Gasteiger partial charge in [-0.1, -0.05) is 0 Å². The number of halogens is 1. The highest BCUT2D eigenvalue weighted by Crippen LogP contribution is 2.22. The molecule has 0 fully saturated rings. The molecule has 0 bridgehead atoms. The van der Waals surface area contributed by atoms with Crippen LogP contribution in [0.25, 0.3) is 0 Å². The monoisotopic (exact) mass is 277 g/mol. The van der Waals surface area contributed by atoms with E-state index in [1.165, 1.54) is 11.3 Å². The summed E-state index contributed by atoms with van der Waals surface area (Å²) in [6.07, 6.45) is 0. The van der Waals surface area contributed by atoms with E-state index in [4.69, 9.17) is 4.84 Å². The normalized spacial score (nSPS) is 11.4. The van der Waals surface area contributed by atoms with Gasteiger partial charge in [0, 0.05) is 4.47 Å². The molecule has 1 N–H and O–H groups in total. The van der Waals surface area contributed by atoms with Gasteiger partial charge in [0.05, 0.1) is 5.60 Å². The fraction of sp³-hybridized carbons (Fsp3) is 0.444. The predicted octanol–water partition coefficient (Wildman–Crippen LogP) is 2.97. The molecule has 1 amide bonds. The molecule has 0 saturated heterocycles. The molecule has 1 aromatic rings. The van der Waals surface area contributed by atoms with Crippen molar-refractivity contribution in [2.24, 2.45) is 0 Å². The molecule has 0 radical (unpaired) electrons. The minimum atomic E-state index is -0.376. The molecule has 3 nitrogen and oxygen atoms in total. The van der Waals surface area contributed by atoms with Crippen molar-refractivity contribution in [1.82, 2.24) is 5.48 Å². The van der Waals surface area contributed by atoms with Crippen molar-refractivity contribution in [2.45, 2.75) is 26.4 Å². The molecule has 0 unspecified atom stereocenters. The number of hydrogen-bond acceptors (Lipinski definition) is 3. The SMILES string of the molecule is CC(C)(C)ONC(=O)c1sccc1Br. The summed E-state index contributed by atoms with van der Waals surface area (Å²) in [6, 6.07) is 1.83. The molecule has 0 aliphatic carbocycles. The lowest BCUT2D eigenvalue weighted by molar-refractivity contribution is -0.0588. The molecule has 5 heteroatoms. The van der Waals surface area contributed by atoms with Crippen LogP contribution in [0.3, 0.4) is 0 Å². The van der Waals surface area contributed by atoms with Crippen molar-refractivity contribution < 1.29 is 9.63 Å². The number of nitrogens with one attached hydrogen (secondary N) is 1. The van der Waals surface area contributed by atoms with Crippen molar-refractivity contribution in [2.75, 3.05) is 0 Å². The van der Waals surface area contributed by atoms with Crippen molar-refractivity contribution in [3.63, 3.8) is 0 Å². The molecule has 0 atom stereocenters. The van der Waals surface area contributed by atoms with Crippen LogP contribution in [-0.2, 0) is 4.84 Å². The molecule has 0 aromatic carbocycles. The number of rotatable bonds is 2. The summed E-state index contributed by atoms with van der Waals surface area (Å²) in [5, 5.41) is 1.84. The fourth-order valence-electron chi connectivity index (χ4n) is 0.702. The van der Waals surface area contributed by atoms with Crippen LogP contribution >= 0.6 is 27.3 Å². The van der Waals surface area contributed by atoms with E-state index in [0.29, 0.717) is 4.88 Å². The average Bonchev–Trinajstić information content (AvgIpc) is 2.46. The van der Waals surface area contributed by atoms with Crippen LogP contribution in [0.4, 0.5) is 0 Å². The zero-order valence-electron chi connectivity index (χ0n) is 8.26. The highest BCUT2D eigenvalue weighted by Gasteiger charge is 2.16. The van der Waals surface area contributed by atoms with Crippen LogP contribution in [0.2, 0.25) is 0 Å². The first kappa shape index (κ1) is 11.7. The van der Waals surface area contributed by atoms with Crippen molar-refractivity contribution in [3.05, 3.63) is 20.8 Å². The Hall–Kier alpha value is -0.390. The summed E-state index contributed by atoms with van der Waals surface area (Å²) in [7, 11) is 0. The molecular formula is C9H12BrNO2S. The lowest BCUT2D eigenvalue weighted by atomic mass is 10.2. The fourth-order valence-corrected chi connectivity index (χ4v) is 2.14. The van der Waals surface area contributed by atoms with Crippen molar-refractivity contribution in [1.29, 1.82) is 0 Å². The maximum Gasteiger partial charge on any atom is 0.286 e. The molecule has 0 aliphatic heterocycles. The van der Waals surface area contributed by atoms with Gasteiger partial charge in [-0.2, -0.15) is 0 Å². The summed E-state index contributed by atoms with van der Waals surface area (Å²) in [5.74, 6) is -0.221. The lowest BCUT2D eigenvalue weighted by Gasteiger charge is -2.18. The molecule has 0 saturated carbocycles. The number of carbonyl (C=O) groups excluding carboxylic acids is 1. The zero-order chi connectivity index (χ0) is 10.8. The van der Waals surface area contributed by atoms with Crippen molar-refractivity contribution in [3.8, 4) is 0 Å². The molecule has 1 rings (SSSR count). The minimum Gasteiger partial charge on any atom is -0.268 e. The summed E-state index contributed by atoms with van der Waals surface area (Å²) in [6.45, 7) is 5.62. The van der Waals surface area contributed by atoms with Gasteiger partial charge in [0.1, 0.15) is 4.88 Å². The van der Waals surface area contributed by atoms with Crippen molar-refractivity contribution >= 4 is 33.2 Å². The second kappa shape index (κ2) is 4.42. The molecule has 1 heterocycles. The largest absolute Gasteiger partial charge is 0.286 e. The van der Waals surface area contributed by atoms with Gasteiger partial charge in [-0.25, -0.2) is 5.48 Å². The van der Waals surface area contributed by atoms with E-state index in [1.54, 1.807) is 0 Å². The minimum absolute atomic E-state index is 0.221. The Morgan fingerprint density at radius 3 is 2.64 bits per heavy atom. The Kier molecular flexibility index (Phi) is 3.69. The Labute approximate surface area is 95.5 Å². The second-order valence-corrected chi connectivity index (χ2v) is 5.51. The van der Waals surface area contributed by atoms with Crippen LogP contribution in [0.5, 0.6) is 0 Å². The second-order valence-electron chi connectivity index (χ2n) is 3.74. The first-order valence-electron chi connectivity index (χ1n) is 4.11. The Morgan fingerprint density at radius 2 is 2.21 bits per heavy atom. The smallest absolute Gasteiger partial charge is 0.268 e. The standard InChI is InChI=1S/C9H12BrNO2S/c1-9(2,3)13-11-8(12)7-6(10)4-5-14-7/h4-5H,1-3H3,(H,11,12). The third-order valence-electron chi connectivity index (χ3n) is 1.27. The quantitative estimate of drug-likeness (QED) is 0.845. The number of amides is 1. The molecular weight excluding hydrogens is 266 g/mol. The number of hydroxylamine groups is 1. The number of hydrogen-bond donors (Lipinski definition) is 1. The number of carbonyl (C=O) groups is 1. The first-order valence-corrected chi connectivity index (χ1v) is 5.79. The van der Waals surface area contributed by atoms with Gasteiger partial charge >= 0.3 is 0 Å². The van der Waals surface area contributed by atoms with Gasteiger partial charge in [0.15, 0.2) is 0 Å². The van der Waals surface area contributed by atoms with Gasteiger partial charge in [-0.15, -0.1) is 11.3 Å². The Bertz CT molecular complexity index is 330. The highest BCUT2D eigenvalue weighted by molar-refractivity contribution is 9.10. The Morgan fingerprint density at radius 1 is 1.57 bits per heavy atom. The van der Waals surface area contributed by atoms with E-state index in [2.05, 4.69) is 21.4 Å². The van der Waals surface area contributed by atoms with Crippen LogP contribution in [0.15, 0.2) is 15.9 Å². The van der Waals surface area contributed by atoms with Gasteiger partial charge < -0.3 is 0 Å². The lowest BCUT2D eigenvalue weighted by Crippen LogP contribution is -2.33. The van der Waals surface area contributed by atoms with E-state index in [0.717, 1.165) is 4.47 Å².